The van der Waals surface area contributed by atoms with Crippen molar-refractivity contribution in [3.05, 3.63) is 194 Å². The van der Waals surface area contributed by atoms with Crippen molar-refractivity contribution in [2.24, 2.45) is 0 Å². The summed E-state index contributed by atoms with van der Waals surface area (Å²) in [5, 5.41) is 9.06. The van der Waals surface area contributed by atoms with Crippen molar-refractivity contribution in [1.82, 2.24) is 19.5 Å². The number of hydrogen-bond acceptors (Lipinski definition) is 4. The van der Waals surface area contributed by atoms with Crippen molar-refractivity contribution in [3.63, 3.8) is 0 Å². The van der Waals surface area contributed by atoms with Crippen molar-refractivity contribution < 1.29 is 4.42 Å². The van der Waals surface area contributed by atoms with Crippen molar-refractivity contribution >= 4 is 65.3 Å². The summed E-state index contributed by atoms with van der Waals surface area (Å²) in [4.78, 5) is 15.9. The molecule has 0 radical (unpaired) electrons. The van der Waals surface area contributed by atoms with Crippen LogP contribution in [-0.4, -0.2) is 19.5 Å². The summed E-state index contributed by atoms with van der Waals surface area (Å²) in [5.74, 6) is 1.76. The summed E-state index contributed by atoms with van der Waals surface area (Å²) in [6, 6.07) is 68.1. The number of benzene rings is 9. The molecule has 0 amide bonds. The van der Waals surface area contributed by atoms with Crippen molar-refractivity contribution in [3.8, 4) is 51.0 Å². The predicted molar refractivity (Wildman–Crippen MR) is 238 cm³/mol. The summed E-state index contributed by atoms with van der Waals surface area (Å²) in [5.41, 5.74) is 10.00. The van der Waals surface area contributed by atoms with Gasteiger partial charge in [0, 0.05) is 38.2 Å². The molecule has 0 atom stereocenters. The van der Waals surface area contributed by atoms with Gasteiger partial charge in [-0.05, 0) is 74.6 Å². The second-order valence-electron chi connectivity index (χ2n) is 14.9. The van der Waals surface area contributed by atoms with Gasteiger partial charge >= 0.3 is 0 Å². The SMILES string of the molecule is c1ccc(-c2ccc(-c3nc(-c4ccc5ccccc5c4)nc(-n4c5cc6ccccc6cc5c5cccc(-c6ccc7c(c6)oc6ccccc67)c54)n3)cc2)cc1. The van der Waals surface area contributed by atoms with Crippen LogP contribution in [0.25, 0.3) is 116 Å². The van der Waals surface area contributed by atoms with Crippen molar-refractivity contribution in [2.45, 2.75) is 0 Å². The highest BCUT2D eigenvalue weighted by molar-refractivity contribution is 6.17. The summed E-state index contributed by atoms with van der Waals surface area (Å²) in [6.45, 7) is 0. The second-order valence-corrected chi connectivity index (χ2v) is 14.9. The van der Waals surface area contributed by atoms with E-state index in [9.17, 15) is 0 Å². The molecule has 9 aromatic carbocycles. The molecule has 0 unspecified atom stereocenters. The Labute approximate surface area is 333 Å². The maximum atomic E-state index is 6.41. The van der Waals surface area contributed by atoms with E-state index in [-0.39, 0.29) is 0 Å². The van der Waals surface area contributed by atoms with E-state index in [1.807, 2.05) is 18.2 Å². The Balaban J connectivity index is 1.14. The summed E-state index contributed by atoms with van der Waals surface area (Å²) in [7, 11) is 0. The first kappa shape index (κ1) is 32.4. The zero-order valence-electron chi connectivity index (χ0n) is 31.2. The molecule has 12 rings (SSSR count). The van der Waals surface area contributed by atoms with Gasteiger partial charge in [0.15, 0.2) is 11.6 Å². The molecule has 3 heterocycles. The smallest absolute Gasteiger partial charge is 0.238 e. The number of hydrogen-bond donors (Lipinski definition) is 0. The van der Waals surface area contributed by atoms with Crippen LogP contribution in [0, 0.1) is 0 Å². The van der Waals surface area contributed by atoms with E-state index in [1.54, 1.807) is 0 Å². The fraction of sp³-hybridized carbons (Fsp3) is 0. The van der Waals surface area contributed by atoms with E-state index in [4.69, 9.17) is 19.4 Å². The van der Waals surface area contributed by atoms with Crippen LogP contribution >= 0.6 is 0 Å². The number of furan rings is 1. The topological polar surface area (TPSA) is 56.7 Å². The first-order chi connectivity index (χ1) is 28.7. The predicted octanol–water partition coefficient (Wildman–Crippen LogP) is 13.8. The summed E-state index contributed by atoms with van der Waals surface area (Å²) >= 11 is 0. The van der Waals surface area contributed by atoms with E-state index in [0.29, 0.717) is 17.6 Å². The number of nitrogens with zero attached hydrogens (tertiary/aromatic N) is 4. The summed E-state index contributed by atoms with van der Waals surface area (Å²) < 4.78 is 8.65. The Morgan fingerprint density at radius 2 is 0.948 bits per heavy atom. The lowest BCUT2D eigenvalue weighted by molar-refractivity contribution is 0.669. The molecule has 0 aliphatic rings. The molecule has 0 saturated carbocycles. The standard InChI is InChI=1S/C53H32N4O/c1-2-11-33(12-3-1)35-21-24-36(25-22-35)51-54-52(41-26-23-34-13-4-5-14-37(34)29-41)56-53(55-51)57-47-31-39-16-7-6-15-38(39)30-46(47)45-19-10-18-42(50(45)57)40-27-28-44-43-17-8-9-20-48(43)58-49(44)32-40/h1-32H. The Kier molecular flexibility index (Phi) is 7.16. The molecule has 12 aromatic rings. The molecule has 3 aromatic heterocycles. The zero-order chi connectivity index (χ0) is 38.2. The van der Waals surface area contributed by atoms with E-state index >= 15 is 0 Å². The minimum Gasteiger partial charge on any atom is -0.456 e. The van der Waals surface area contributed by atoms with Crippen LogP contribution in [0.15, 0.2) is 199 Å². The quantitative estimate of drug-likeness (QED) is 0.176. The van der Waals surface area contributed by atoms with E-state index in [2.05, 4.69) is 180 Å². The van der Waals surface area contributed by atoms with E-state index in [1.165, 1.54) is 5.39 Å². The maximum Gasteiger partial charge on any atom is 0.238 e. The second kappa shape index (κ2) is 12.8. The van der Waals surface area contributed by atoms with Crippen LogP contribution in [0.3, 0.4) is 0 Å². The van der Waals surface area contributed by atoms with E-state index < -0.39 is 0 Å². The van der Waals surface area contributed by atoms with Gasteiger partial charge in [0.25, 0.3) is 0 Å². The van der Waals surface area contributed by atoms with Gasteiger partial charge in [-0.3, -0.25) is 4.57 Å². The Hall–Kier alpha value is -7.89. The van der Waals surface area contributed by atoms with Gasteiger partial charge in [-0.25, -0.2) is 4.98 Å². The zero-order valence-corrected chi connectivity index (χ0v) is 31.2. The van der Waals surface area contributed by atoms with Gasteiger partial charge in [0.05, 0.1) is 11.0 Å². The molecule has 0 bridgehead atoms. The van der Waals surface area contributed by atoms with E-state index in [0.717, 1.165) is 93.3 Å². The molecule has 0 fully saturated rings. The molecule has 5 heteroatoms. The Morgan fingerprint density at radius 1 is 0.345 bits per heavy atom. The molecule has 0 saturated heterocycles. The lowest BCUT2D eigenvalue weighted by Gasteiger charge is -2.13. The molecule has 270 valence electrons. The molecule has 0 N–H and O–H groups in total. The fourth-order valence-corrected chi connectivity index (χ4v) is 8.58. The molecule has 0 spiro atoms. The maximum absolute atomic E-state index is 6.41. The Bertz CT molecular complexity index is 3560. The third kappa shape index (κ3) is 5.21. The van der Waals surface area contributed by atoms with Crippen LogP contribution in [0.1, 0.15) is 0 Å². The number of fused-ring (bicyclic) bond motifs is 8. The third-order valence-electron chi connectivity index (χ3n) is 11.4. The number of rotatable bonds is 5. The number of aromatic nitrogens is 4. The molecule has 0 aliphatic carbocycles. The lowest BCUT2D eigenvalue weighted by Crippen LogP contribution is -2.07. The fourth-order valence-electron chi connectivity index (χ4n) is 8.58. The largest absolute Gasteiger partial charge is 0.456 e. The molecule has 58 heavy (non-hydrogen) atoms. The van der Waals surface area contributed by atoms with Crippen LogP contribution in [0.2, 0.25) is 0 Å². The van der Waals surface area contributed by atoms with Gasteiger partial charge < -0.3 is 4.42 Å². The van der Waals surface area contributed by atoms with Gasteiger partial charge in [-0.15, -0.1) is 0 Å². The molecule has 5 nitrogen and oxygen atoms in total. The average Bonchev–Trinajstić information content (AvgIpc) is 3.83. The Morgan fingerprint density at radius 3 is 1.78 bits per heavy atom. The highest BCUT2D eigenvalue weighted by Crippen LogP contribution is 2.41. The first-order valence-corrected chi connectivity index (χ1v) is 19.5. The van der Waals surface area contributed by atoms with Gasteiger partial charge in [0.1, 0.15) is 11.2 Å². The highest BCUT2D eigenvalue weighted by Gasteiger charge is 2.22. The van der Waals surface area contributed by atoms with Crippen LogP contribution in [-0.2, 0) is 0 Å². The van der Waals surface area contributed by atoms with Crippen LogP contribution < -0.4 is 0 Å². The first-order valence-electron chi connectivity index (χ1n) is 19.5. The minimum atomic E-state index is 0.549. The molecular weight excluding hydrogens is 709 g/mol. The van der Waals surface area contributed by atoms with Crippen LogP contribution in [0.4, 0.5) is 0 Å². The monoisotopic (exact) mass is 740 g/mol. The highest BCUT2D eigenvalue weighted by atomic mass is 16.3. The summed E-state index contributed by atoms with van der Waals surface area (Å²) in [6.07, 6.45) is 0. The normalized spacial score (nSPS) is 11.8. The lowest BCUT2D eigenvalue weighted by atomic mass is 10.00. The van der Waals surface area contributed by atoms with Gasteiger partial charge in [-0.1, -0.05) is 158 Å². The van der Waals surface area contributed by atoms with Crippen molar-refractivity contribution in [1.29, 1.82) is 0 Å². The molecule has 0 aliphatic heterocycles. The van der Waals surface area contributed by atoms with Crippen LogP contribution in [0.5, 0.6) is 0 Å². The van der Waals surface area contributed by atoms with Gasteiger partial charge in [-0.2, -0.15) is 9.97 Å². The third-order valence-corrected chi connectivity index (χ3v) is 11.4. The minimum absolute atomic E-state index is 0.549. The van der Waals surface area contributed by atoms with Gasteiger partial charge in [0.2, 0.25) is 5.95 Å². The average molecular weight is 741 g/mol. The molecular formula is C53H32N4O. The number of para-hydroxylation sites is 2. The van der Waals surface area contributed by atoms with Crippen molar-refractivity contribution in [2.75, 3.05) is 0 Å².